The summed E-state index contributed by atoms with van der Waals surface area (Å²) in [6, 6.07) is 6.09. The van der Waals surface area contributed by atoms with Crippen LogP contribution in [0.5, 0.6) is 5.75 Å². The van der Waals surface area contributed by atoms with Crippen LogP contribution < -0.4 is 10.1 Å². The normalized spacial score (nSPS) is 21.4. The number of hydrogen-bond acceptors (Lipinski definition) is 5. The molecule has 0 spiro atoms. The minimum atomic E-state index is -0.426. The first-order valence-corrected chi connectivity index (χ1v) is 7.39. The van der Waals surface area contributed by atoms with Crippen LogP contribution in [0.15, 0.2) is 24.3 Å². The maximum absolute atomic E-state index is 10.5. The number of ether oxygens (including phenoxy) is 1. The van der Waals surface area contributed by atoms with E-state index in [2.05, 4.69) is 5.32 Å². The van der Waals surface area contributed by atoms with Gasteiger partial charge >= 0.3 is 0 Å². The number of nitrogens with zero attached hydrogens (tertiary/aromatic N) is 1. The number of hydrogen-bond donors (Lipinski definition) is 2. The fourth-order valence-electron chi connectivity index (χ4n) is 2.82. The number of nitro benzene ring substituents is 1. The molecule has 6 heteroatoms. The largest absolute Gasteiger partial charge is 0.492 e. The van der Waals surface area contributed by atoms with Crippen molar-refractivity contribution < 1.29 is 14.8 Å². The van der Waals surface area contributed by atoms with Crippen molar-refractivity contribution in [3.05, 3.63) is 34.4 Å². The van der Waals surface area contributed by atoms with E-state index in [1.54, 1.807) is 12.1 Å². The summed E-state index contributed by atoms with van der Waals surface area (Å²) in [4.78, 5) is 10.1. The molecule has 0 amide bonds. The number of benzene rings is 1. The van der Waals surface area contributed by atoms with Crippen LogP contribution in [0.25, 0.3) is 0 Å². The maximum Gasteiger partial charge on any atom is 0.269 e. The zero-order chi connectivity index (χ0) is 15.1. The lowest BCUT2D eigenvalue weighted by atomic mass is 9.97. The maximum atomic E-state index is 10.5. The molecule has 2 rings (SSSR count). The summed E-state index contributed by atoms with van der Waals surface area (Å²) in [5, 5.41) is 23.1. The second-order valence-electron chi connectivity index (χ2n) is 5.44. The Balaban J connectivity index is 1.62. The first-order valence-electron chi connectivity index (χ1n) is 7.39. The van der Waals surface area contributed by atoms with Crippen molar-refractivity contribution in [3.8, 4) is 5.75 Å². The first kappa shape index (κ1) is 15.7. The molecule has 1 aromatic carbocycles. The zero-order valence-corrected chi connectivity index (χ0v) is 12.0. The van der Waals surface area contributed by atoms with E-state index in [1.165, 1.54) is 25.0 Å². The first-order chi connectivity index (χ1) is 10.2. The molecular weight excluding hydrogens is 272 g/mol. The zero-order valence-electron chi connectivity index (χ0n) is 12.0. The molecule has 6 nitrogen and oxygen atoms in total. The molecule has 1 aliphatic rings. The molecule has 1 fully saturated rings. The fraction of sp³-hybridized carbons (Fsp3) is 0.600. The van der Waals surface area contributed by atoms with E-state index in [-0.39, 0.29) is 12.3 Å². The van der Waals surface area contributed by atoms with Crippen LogP contribution in [-0.4, -0.2) is 36.3 Å². The average Bonchev–Trinajstić information content (AvgIpc) is 2.95. The number of nitro groups is 1. The van der Waals surface area contributed by atoms with E-state index in [9.17, 15) is 15.2 Å². The van der Waals surface area contributed by atoms with Gasteiger partial charge in [0.25, 0.3) is 5.69 Å². The van der Waals surface area contributed by atoms with E-state index in [1.807, 2.05) is 0 Å². The van der Waals surface area contributed by atoms with Gasteiger partial charge in [0.15, 0.2) is 0 Å². The smallest absolute Gasteiger partial charge is 0.269 e. The van der Waals surface area contributed by atoms with Gasteiger partial charge in [0.2, 0.25) is 0 Å². The van der Waals surface area contributed by atoms with Gasteiger partial charge in [0, 0.05) is 25.3 Å². The molecule has 21 heavy (non-hydrogen) atoms. The number of aliphatic hydroxyl groups excluding tert-OH is 1. The third kappa shape index (κ3) is 4.68. The van der Waals surface area contributed by atoms with Crippen molar-refractivity contribution in [3.63, 3.8) is 0 Å². The molecule has 2 atom stereocenters. The highest BCUT2D eigenvalue weighted by Gasteiger charge is 2.25. The summed E-state index contributed by atoms with van der Waals surface area (Å²) in [6.07, 6.45) is 3.51. The van der Waals surface area contributed by atoms with Gasteiger partial charge in [-0.05, 0) is 43.4 Å². The summed E-state index contributed by atoms with van der Waals surface area (Å²) < 4.78 is 5.52. The second-order valence-corrected chi connectivity index (χ2v) is 5.44. The van der Waals surface area contributed by atoms with Gasteiger partial charge in [-0.25, -0.2) is 0 Å². The molecule has 0 saturated heterocycles. The predicted molar refractivity (Wildman–Crippen MR) is 79.4 cm³/mol. The van der Waals surface area contributed by atoms with Gasteiger partial charge in [-0.1, -0.05) is 6.42 Å². The summed E-state index contributed by atoms with van der Waals surface area (Å²) >= 11 is 0. The lowest BCUT2D eigenvalue weighted by Crippen LogP contribution is -2.29. The summed E-state index contributed by atoms with van der Waals surface area (Å²) in [6.45, 7) is 2.44. The second kappa shape index (κ2) is 7.95. The van der Waals surface area contributed by atoms with Gasteiger partial charge in [-0.3, -0.25) is 10.1 Å². The van der Waals surface area contributed by atoms with Gasteiger partial charge in [0.05, 0.1) is 4.92 Å². The Morgan fingerprint density at radius 3 is 2.67 bits per heavy atom. The van der Waals surface area contributed by atoms with E-state index in [4.69, 9.17) is 4.74 Å². The van der Waals surface area contributed by atoms with E-state index in [0.717, 1.165) is 19.5 Å². The molecule has 2 N–H and O–H groups in total. The number of rotatable bonds is 8. The molecular formula is C15H22N2O4. The topological polar surface area (TPSA) is 84.6 Å². The Morgan fingerprint density at radius 1 is 1.29 bits per heavy atom. The van der Waals surface area contributed by atoms with Crippen molar-refractivity contribution in [2.45, 2.75) is 19.3 Å². The quantitative estimate of drug-likeness (QED) is 0.435. The third-order valence-electron chi connectivity index (χ3n) is 4.05. The Bertz CT molecular complexity index is 449. The highest BCUT2D eigenvalue weighted by atomic mass is 16.6. The molecule has 0 heterocycles. The SMILES string of the molecule is O=[N+]([O-])c1ccc(OCCNCC2CCCC2CO)cc1. The Morgan fingerprint density at radius 2 is 2.00 bits per heavy atom. The van der Waals surface area contributed by atoms with Gasteiger partial charge in [-0.15, -0.1) is 0 Å². The average molecular weight is 294 g/mol. The number of aliphatic hydroxyl groups is 1. The summed E-state index contributed by atoms with van der Waals surface area (Å²) in [5.74, 6) is 1.64. The van der Waals surface area contributed by atoms with Crippen molar-refractivity contribution in [2.24, 2.45) is 11.8 Å². The third-order valence-corrected chi connectivity index (χ3v) is 4.05. The molecule has 1 aromatic rings. The van der Waals surface area contributed by atoms with Crippen molar-refractivity contribution in [1.29, 1.82) is 0 Å². The van der Waals surface area contributed by atoms with Crippen LogP contribution >= 0.6 is 0 Å². The number of nitrogens with one attached hydrogen (secondary N) is 1. The monoisotopic (exact) mass is 294 g/mol. The molecule has 0 aliphatic heterocycles. The fourth-order valence-corrected chi connectivity index (χ4v) is 2.82. The van der Waals surface area contributed by atoms with Crippen LogP contribution in [0.2, 0.25) is 0 Å². The van der Waals surface area contributed by atoms with Crippen LogP contribution in [0.1, 0.15) is 19.3 Å². The Hall–Kier alpha value is -1.66. The van der Waals surface area contributed by atoms with Crippen LogP contribution in [-0.2, 0) is 0 Å². The van der Waals surface area contributed by atoms with Crippen LogP contribution in [0.4, 0.5) is 5.69 Å². The molecule has 2 unspecified atom stereocenters. The Labute approximate surface area is 124 Å². The highest BCUT2D eigenvalue weighted by Crippen LogP contribution is 2.30. The van der Waals surface area contributed by atoms with Crippen LogP contribution in [0, 0.1) is 22.0 Å². The molecule has 0 aromatic heterocycles. The number of non-ortho nitro benzene ring substituents is 1. The molecule has 116 valence electrons. The molecule has 0 bridgehead atoms. The van der Waals surface area contributed by atoms with Gasteiger partial charge < -0.3 is 15.2 Å². The molecule has 0 radical (unpaired) electrons. The van der Waals surface area contributed by atoms with E-state index >= 15 is 0 Å². The lowest BCUT2D eigenvalue weighted by Gasteiger charge is -2.17. The van der Waals surface area contributed by atoms with Gasteiger partial charge in [0.1, 0.15) is 12.4 Å². The molecule has 1 saturated carbocycles. The van der Waals surface area contributed by atoms with Crippen molar-refractivity contribution in [1.82, 2.24) is 5.32 Å². The standard InChI is InChI=1S/C15H22N2O4/c18-11-13-3-1-2-12(13)10-16-8-9-21-15-6-4-14(5-7-15)17(19)20/h4-7,12-13,16,18H,1-3,8-11H2. The van der Waals surface area contributed by atoms with E-state index < -0.39 is 4.92 Å². The summed E-state index contributed by atoms with van der Waals surface area (Å²) in [5.41, 5.74) is 0.0664. The van der Waals surface area contributed by atoms with Crippen molar-refractivity contribution in [2.75, 3.05) is 26.3 Å². The minimum absolute atomic E-state index is 0.0664. The van der Waals surface area contributed by atoms with Crippen LogP contribution in [0.3, 0.4) is 0 Å². The molecule has 1 aliphatic carbocycles. The predicted octanol–water partition coefficient (Wildman–Crippen LogP) is 1.97. The minimum Gasteiger partial charge on any atom is -0.492 e. The summed E-state index contributed by atoms with van der Waals surface area (Å²) in [7, 11) is 0. The van der Waals surface area contributed by atoms with Gasteiger partial charge in [-0.2, -0.15) is 0 Å². The Kier molecular flexibility index (Phi) is 5.95. The lowest BCUT2D eigenvalue weighted by molar-refractivity contribution is -0.384. The highest BCUT2D eigenvalue weighted by molar-refractivity contribution is 5.35. The van der Waals surface area contributed by atoms with E-state index in [0.29, 0.717) is 24.2 Å². The van der Waals surface area contributed by atoms with Crippen molar-refractivity contribution >= 4 is 5.69 Å².